The largest absolute Gasteiger partial charge is 0.356 e. The maximum absolute atomic E-state index is 11.4. The lowest BCUT2D eigenvalue weighted by molar-refractivity contribution is -0.121. The highest BCUT2D eigenvalue weighted by atomic mass is 35.5. The molecule has 0 atom stereocenters. The van der Waals surface area contributed by atoms with Gasteiger partial charge in [0, 0.05) is 18.8 Å². The van der Waals surface area contributed by atoms with E-state index in [0.717, 1.165) is 31.7 Å². The zero-order chi connectivity index (χ0) is 10.9. The van der Waals surface area contributed by atoms with Gasteiger partial charge in [-0.25, -0.2) is 0 Å². The number of hydrogen-bond acceptors (Lipinski definition) is 1. The van der Waals surface area contributed by atoms with Gasteiger partial charge in [-0.1, -0.05) is 25.7 Å². The van der Waals surface area contributed by atoms with E-state index in [0.29, 0.717) is 12.3 Å². The zero-order valence-electron chi connectivity index (χ0n) is 9.43. The van der Waals surface area contributed by atoms with Crippen molar-refractivity contribution in [2.45, 2.75) is 51.4 Å². The summed E-state index contributed by atoms with van der Waals surface area (Å²) in [7, 11) is 0. The Labute approximate surface area is 97.8 Å². The molecule has 88 valence electrons. The molecule has 2 nitrogen and oxygen atoms in total. The highest BCUT2D eigenvalue weighted by Gasteiger charge is 2.15. The van der Waals surface area contributed by atoms with E-state index >= 15 is 0 Å². The first kappa shape index (κ1) is 12.8. The highest BCUT2D eigenvalue weighted by Crippen LogP contribution is 2.28. The molecule has 1 rings (SSSR count). The predicted molar refractivity (Wildman–Crippen MR) is 64.2 cm³/mol. The van der Waals surface area contributed by atoms with E-state index in [2.05, 4.69) is 5.32 Å². The first-order valence-electron chi connectivity index (χ1n) is 6.15. The van der Waals surface area contributed by atoms with E-state index in [1.165, 1.54) is 25.7 Å². The van der Waals surface area contributed by atoms with Crippen molar-refractivity contribution in [3.63, 3.8) is 0 Å². The predicted octanol–water partition coefficient (Wildman–Crippen LogP) is 3.09. The molecule has 1 aliphatic carbocycles. The summed E-state index contributed by atoms with van der Waals surface area (Å²) in [6.45, 7) is 0.788. The third kappa shape index (κ3) is 6.03. The molecular weight excluding hydrogens is 210 g/mol. The number of amides is 1. The van der Waals surface area contributed by atoms with Crippen LogP contribution in [0.1, 0.15) is 51.4 Å². The minimum atomic E-state index is 0.219. The topological polar surface area (TPSA) is 29.1 Å². The molecule has 0 saturated heterocycles. The molecule has 0 radical (unpaired) electrons. The quantitative estimate of drug-likeness (QED) is 0.530. The van der Waals surface area contributed by atoms with Crippen molar-refractivity contribution in [2.24, 2.45) is 5.92 Å². The number of unbranched alkanes of at least 4 members (excludes halogenated alkanes) is 1. The van der Waals surface area contributed by atoms with Crippen molar-refractivity contribution in [2.75, 3.05) is 12.4 Å². The number of hydrogen-bond donors (Lipinski definition) is 1. The summed E-state index contributed by atoms with van der Waals surface area (Å²) in [5.41, 5.74) is 0. The summed E-state index contributed by atoms with van der Waals surface area (Å²) in [4.78, 5) is 11.4. The van der Waals surface area contributed by atoms with Crippen molar-refractivity contribution < 1.29 is 4.79 Å². The molecule has 0 unspecified atom stereocenters. The van der Waals surface area contributed by atoms with Crippen LogP contribution in [0.2, 0.25) is 0 Å². The Morgan fingerprint density at radius 2 is 2.00 bits per heavy atom. The minimum absolute atomic E-state index is 0.219. The molecule has 0 spiro atoms. The van der Waals surface area contributed by atoms with E-state index in [4.69, 9.17) is 11.6 Å². The van der Waals surface area contributed by atoms with Crippen LogP contribution in [0.3, 0.4) is 0 Å². The van der Waals surface area contributed by atoms with E-state index in [1.807, 2.05) is 0 Å². The number of nitrogens with one attached hydrogen (secondary N) is 1. The van der Waals surface area contributed by atoms with Crippen LogP contribution in [0.4, 0.5) is 0 Å². The average molecular weight is 232 g/mol. The molecule has 0 aromatic heterocycles. The van der Waals surface area contributed by atoms with E-state index in [1.54, 1.807) is 0 Å². The Kier molecular flexibility index (Phi) is 6.82. The second kappa shape index (κ2) is 7.98. The van der Waals surface area contributed by atoms with Crippen LogP contribution in [0, 0.1) is 5.92 Å². The average Bonchev–Trinajstić information content (AvgIpc) is 2.74. The van der Waals surface area contributed by atoms with Gasteiger partial charge in [0.15, 0.2) is 0 Å². The molecule has 1 amide bonds. The van der Waals surface area contributed by atoms with Gasteiger partial charge in [-0.2, -0.15) is 0 Å². The number of carbonyl (C=O) groups excluding carboxylic acids is 1. The summed E-state index contributed by atoms with van der Waals surface area (Å²) < 4.78 is 0. The lowest BCUT2D eigenvalue weighted by Gasteiger charge is -2.08. The highest BCUT2D eigenvalue weighted by molar-refractivity contribution is 6.17. The Morgan fingerprint density at radius 1 is 1.27 bits per heavy atom. The van der Waals surface area contributed by atoms with Gasteiger partial charge >= 0.3 is 0 Å². The van der Waals surface area contributed by atoms with Crippen LogP contribution in [0.15, 0.2) is 0 Å². The van der Waals surface area contributed by atoms with Gasteiger partial charge in [-0.15, -0.1) is 11.6 Å². The summed E-state index contributed by atoms with van der Waals surface area (Å²) in [5, 5.41) is 2.94. The summed E-state index contributed by atoms with van der Waals surface area (Å²) in [6, 6.07) is 0. The van der Waals surface area contributed by atoms with Crippen LogP contribution in [0.25, 0.3) is 0 Å². The molecule has 0 bridgehead atoms. The van der Waals surface area contributed by atoms with Crippen LogP contribution < -0.4 is 5.32 Å². The molecule has 1 aliphatic rings. The molecule has 1 N–H and O–H groups in total. The third-order valence-electron chi connectivity index (χ3n) is 3.14. The zero-order valence-corrected chi connectivity index (χ0v) is 10.2. The lowest BCUT2D eigenvalue weighted by Crippen LogP contribution is -2.24. The molecule has 15 heavy (non-hydrogen) atoms. The lowest BCUT2D eigenvalue weighted by atomic mass is 10.0. The third-order valence-corrected chi connectivity index (χ3v) is 3.40. The number of alkyl halides is 1. The first-order valence-corrected chi connectivity index (χ1v) is 6.69. The Morgan fingerprint density at radius 3 is 2.67 bits per heavy atom. The van der Waals surface area contributed by atoms with Gasteiger partial charge in [-0.3, -0.25) is 4.79 Å². The van der Waals surface area contributed by atoms with E-state index in [-0.39, 0.29) is 5.91 Å². The SMILES string of the molecule is O=C(CCC1CCCC1)NCCCCCl. The van der Waals surface area contributed by atoms with Gasteiger partial charge in [0.2, 0.25) is 5.91 Å². The van der Waals surface area contributed by atoms with Crippen LogP contribution in [0.5, 0.6) is 0 Å². The van der Waals surface area contributed by atoms with Crippen LogP contribution >= 0.6 is 11.6 Å². The van der Waals surface area contributed by atoms with Crippen molar-refractivity contribution in [1.82, 2.24) is 5.32 Å². The fourth-order valence-electron chi connectivity index (χ4n) is 2.17. The summed E-state index contributed by atoms with van der Waals surface area (Å²) in [6.07, 6.45) is 9.18. The first-order chi connectivity index (χ1) is 7.33. The normalized spacial score (nSPS) is 16.9. The molecule has 1 saturated carbocycles. The van der Waals surface area contributed by atoms with Gasteiger partial charge in [0.05, 0.1) is 0 Å². The Bertz CT molecular complexity index is 178. The molecule has 0 aliphatic heterocycles. The maximum atomic E-state index is 11.4. The van der Waals surface area contributed by atoms with Crippen molar-refractivity contribution in [3.8, 4) is 0 Å². The van der Waals surface area contributed by atoms with E-state index < -0.39 is 0 Å². The standard InChI is InChI=1S/C12H22ClNO/c13-9-3-4-10-14-12(15)8-7-11-5-1-2-6-11/h11H,1-10H2,(H,14,15). The van der Waals surface area contributed by atoms with Gasteiger partial charge in [-0.05, 0) is 25.2 Å². The van der Waals surface area contributed by atoms with Crippen LogP contribution in [-0.2, 0) is 4.79 Å². The molecule has 1 fully saturated rings. The number of halogens is 1. The minimum Gasteiger partial charge on any atom is -0.356 e. The van der Waals surface area contributed by atoms with Crippen molar-refractivity contribution >= 4 is 17.5 Å². The Balaban J connectivity index is 1.93. The molecule has 0 heterocycles. The second-order valence-electron chi connectivity index (χ2n) is 4.44. The fourth-order valence-corrected chi connectivity index (χ4v) is 2.36. The Hall–Kier alpha value is -0.240. The molecule has 0 aromatic carbocycles. The molecule has 3 heteroatoms. The maximum Gasteiger partial charge on any atom is 0.220 e. The van der Waals surface area contributed by atoms with Gasteiger partial charge in [0.25, 0.3) is 0 Å². The number of rotatable bonds is 7. The second-order valence-corrected chi connectivity index (χ2v) is 4.81. The van der Waals surface area contributed by atoms with Crippen molar-refractivity contribution in [1.29, 1.82) is 0 Å². The smallest absolute Gasteiger partial charge is 0.220 e. The summed E-state index contributed by atoms with van der Waals surface area (Å²) in [5.74, 6) is 1.73. The van der Waals surface area contributed by atoms with Gasteiger partial charge in [0.1, 0.15) is 0 Å². The summed E-state index contributed by atoms with van der Waals surface area (Å²) >= 11 is 5.55. The van der Waals surface area contributed by atoms with E-state index in [9.17, 15) is 4.79 Å². The van der Waals surface area contributed by atoms with Gasteiger partial charge < -0.3 is 5.32 Å². The monoisotopic (exact) mass is 231 g/mol. The molecule has 0 aromatic rings. The van der Waals surface area contributed by atoms with Crippen LogP contribution in [-0.4, -0.2) is 18.3 Å². The van der Waals surface area contributed by atoms with Crippen molar-refractivity contribution in [3.05, 3.63) is 0 Å². The molecular formula is C12H22ClNO. The number of carbonyl (C=O) groups is 1. The fraction of sp³-hybridized carbons (Fsp3) is 0.917.